The van der Waals surface area contributed by atoms with Crippen molar-refractivity contribution in [3.05, 3.63) is 70.0 Å². The zero-order chi connectivity index (χ0) is 16.8. The summed E-state index contributed by atoms with van der Waals surface area (Å²) in [6, 6.07) is 12.0. The van der Waals surface area contributed by atoms with Gasteiger partial charge in [-0.2, -0.15) is 0 Å². The highest BCUT2D eigenvalue weighted by Gasteiger charge is 2.24. The molecular weight excluding hydrogens is 339 g/mol. The Labute approximate surface area is 150 Å². The van der Waals surface area contributed by atoms with Gasteiger partial charge in [-0.05, 0) is 53.4 Å². The number of fused-ring (bicyclic) bond motifs is 2. The smallest absolute Gasteiger partial charge is 0.0458 e. The Morgan fingerprint density at radius 2 is 1.21 bits per heavy atom. The van der Waals surface area contributed by atoms with E-state index in [9.17, 15) is 0 Å². The molecular formula is C20H18Cl2N2. The summed E-state index contributed by atoms with van der Waals surface area (Å²) in [6.45, 7) is 4.49. The molecule has 0 fully saturated rings. The van der Waals surface area contributed by atoms with Crippen molar-refractivity contribution < 1.29 is 0 Å². The normalized spacial score (nSPS) is 12.1. The topological polar surface area (TPSA) is 31.6 Å². The SMILES string of the molecule is CC(C)C(c1c[nH]c2ccc(Cl)cc12)c1c[nH]c2ccc(Cl)cc12. The van der Waals surface area contributed by atoms with Gasteiger partial charge in [-0.25, -0.2) is 0 Å². The Bertz CT molecular complexity index is 947. The van der Waals surface area contributed by atoms with Gasteiger partial charge >= 0.3 is 0 Å². The Kier molecular flexibility index (Phi) is 3.82. The number of nitrogens with one attached hydrogen (secondary N) is 2. The zero-order valence-electron chi connectivity index (χ0n) is 13.5. The zero-order valence-corrected chi connectivity index (χ0v) is 15.0. The van der Waals surface area contributed by atoms with Crippen molar-refractivity contribution in [3.63, 3.8) is 0 Å². The number of H-pyrrole nitrogens is 2. The molecule has 0 aliphatic rings. The Hall–Kier alpha value is -1.90. The molecule has 0 saturated heterocycles. The van der Waals surface area contributed by atoms with Crippen LogP contribution in [0.4, 0.5) is 0 Å². The number of hydrogen-bond donors (Lipinski definition) is 2. The fourth-order valence-electron chi connectivity index (χ4n) is 3.63. The minimum Gasteiger partial charge on any atom is -0.361 e. The Balaban J connectivity index is 1.96. The summed E-state index contributed by atoms with van der Waals surface area (Å²) in [4.78, 5) is 6.75. The molecule has 2 N–H and O–H groups in total. The lowest BCUT2D eigenvalue weighted by molar-refractivity contribution is 0.570. The first-order chi connectivity index (χ1) is 11.5. The number of rotatable bonds is 3. The van der Waals surface area contributed by atoms with Crippen LogP contribution in [0, 0.1) is 5.92 Å². The highest BCUT2D eigenvalue weighted by molar-refractivity contribution is 6.31. The highest BCUT2D eigenvalue weighted by Crippen LogP contribution is 2.40. The highest BCUT2D eigenvalue weighted by atomic mass is 35.5. The van der Waals surface area contributed by atoms with Crippen molar-refractivity contribution in [1.82, 2.24) is 9.97 Å². The summed E-state index contributed by atoms with van der Waals surface area (Å²) < 4.78 is 0. The van der Waals surface area contributed by atoms with E-state index in [0.717, 1.165) is 21.1 Å². The second kappa shape index (κ2) is 5.87. The largest absolute Gasteiger partial charge is 0.361 e. The molecule has 2 nitrogen and oxygen atoms in total. The molecule has 2 aromatic heterocycles. The maximum Gasteiger partial charge on any atom is 0.0458 e. The van der Waals surface area contributed by atoms with Crippen LogP contribution in [0.5, 0.6) is 0 Å². The lowest BCUT2D eigenvalue weighted by Gasteiger charge is -2.20. The molecule has 0 spiro atoms. The van der Waals surface area contributed by atoms with Crippen LogP contribution in [0.15, 0.2) is 48.8 Å². The van der Waals surface area contributed by atoms with Crippen LogP contribution in [0.25, 0.3) is 21.8 Å². The van der Waals surface area contributed by atoms with Gasteiger partial charge < -0.3 is 9.97 Å². The molecule has 0 bridgehead atoms. The first-order valence-corrected chi connectivity index (χ1v) is 8.83. The van der Waals surface area contributed by atoms with Crippen molar-refractivity contribution >= 4 is 45.0 Å². The molecule has 0 saturated carbocycles. The van der Waals surface area contributed by atoms with E-state index in [1.807, 2.05) is 36.4 Å². The number of hydrogen-bond acceptors (Lipinski definition) is 0. The molecule has 0 aliphatic carbocycles. The molecule has 4 rings (SSSR count). The van der Waals surface area contributed by atoms with Gasteiger partial charge in [0.15, 0.2) is 0 Å². The van der Waals surface area contributed by atoms with Gasteiger partial charge in [0.2, 0.25) is 0 Å². The van der Waals surface area contributed by atoms with E-state index in [4.69, 9.17) is 23.2 Å². The van der Waals surface area contributed by atoms with Gasteiger partial charge in [0, 0.05) is 50.2 Å². The first kappa shape index (κ1) is 15.6. The monoisotopic (exact) mass is 356 g/mol. The Morgan fingerprint density at radius 1 is 0.750 bits per heavy atom. The van der Waals surface area contributed by atoms with Gasteiger partial charge in [-0.15, -0.1) is 0 Å². The third-order valence-corrected chi connectivity index (χ3v) is 5.16. The van der Waals surface area contributed by atoms with Crippen LogP contribution in [0.1, 0.15) is 30.9 Å². The fourth-order valence-corrected chi connectivity index (χ4v) is 3.97. The van der Waals surface area contributed by atoms with E-state index in [-0.39, 0.29) is 5.92 Å². The quantitative estimate of drug-likeness (QED) is 0.407. The number of halogens is 2. The maximum absolute atomic E-state index is 6.24. The third-order valence-electron chi connectivity index (χ3n) is 4.69. The van der Waals surface area contributed by atoms with Crippen LogP contribution in [0.2, 0.25) is 10.0 Å². The summed E-state index contributed by atoms with van der Waals surface area (Å²) in [5.74, 6) is 0.686. The van der Waals surface area contributed by atoms with Crippen LogP contribution >= 0.6 is 23.2 Å². The number of aromatic amines is 2. The van der Waals surface area contributed by atoms with Gasteiger partial charge in [0.05, 0.1) is 0 Å². The number of benzene rings is 2. The maximum atomic E-state index is 6.24. The minimum absolute atomic E-state index is 0.254. The van der Waals surface area contributed by atoms with E-state index in [2.05, 4.69) is 36.2 Å². The van der Waals surface area contributed by atoms with E-state index < -0.39 is 0 Å². The van der Waals surface area contributed by atoms with E-state index in [1.165, 1.54) is 21.9 Å². The molecule has 122 valence electrons. The van der Waals surface area contributed by atoms with Crippen LogP contribution in [-0.4, -0.2) is 9.97 Å². The van der Waals surface area contributed by atoms with Crippen LogP contribution in [0.3, 0.4) is 0 Å². The average molecular weight is 357 g/mol. The van der Waals surface area contributed by atoms with Crippen molar-refractivity contribution in [1.29, 1.82) is 0 Å². The second-order valence-corrected chi connectivity index (χ2v) is 7.46. The summed E-state index contributed by atoms with van der Waals surface area (Å²) in [6.07, 6.45) is 4.21. The van der Waals surface area contributed by atoms with Crippen LogP contribution < -0.4 is 0 Å². The fraction of sp³-hybridized carbons (Fsp3) is 0.200. The molecule has 2 heterocycles. The third kappa shape index (κ3) is 2.51. The van der Waals surface area contributed by atoms with E-state index in [0.29, 0.717) is 5.92 Å². The molecule has 0 amide bonds. The lowest BCUT2D eigenvalue weighted by Crippen LogP contribution is -2.07. The molecule has 24 heavy (non-hydrogen) atoms. The molecule has 0 unspecified atom stereocenters. The van der Waals surface area contributed by atoms with Crippen LogP contribution in [-0.2, 0) is 0 Å². The van der Waals surface area contributed by atoms with Crippen molar-refractivity contribution in [2.45, 2.75) is 19.8 Å². The average Bonchev–Trinajstić information content (AvgIpc) is 3.12. The van der Waals surface area contributed by atoms with Gasteiger partial charge in [0.25, 0.3) is 0 Å². The molecule has 0 radical (unpaired) electrons. The van der Waals surface area contributed by atoms with Gasteiger partial charge in [-0.1, -0.05) is 37.0 Å². The first-order valence-electron chi connectivity index (χ1n) is 8.07. The molecule has 4 aromatic rings. The van der Waals surface area contributed by atoms with Crippen molar-refractivity contribution in [3.8, 4) is 0 Å². The number of aromatic nitrogens is 2. The molecule has 0 aliphatic heterocycles. The summed E-state index contributed by atoms with van der Waals surface area (Å²) in [5, 5.41) is 3.87. The minimum atomic E-state index is 0.254. The van der Waals surface area contributed by atoms with Gasteiger partial charge in [0.1, 0.15) is 0 Å². The summed E-state index contributed by atoms with van der Waals surface area (Å²) in [7, 11) is 0. The van der Waals surface area contributed by atoms with Crippen molar-refractivity contribution in [2.75, 3.05) is 0 Å². The molecule has 4 heteroatoms. The summed E-state index contributed by atoms with van der Waals surface area (Å²) in [5.41, 5.74) is 4.75. The predicted molar refractivity (Wildman–Crippen MR) is 103 cm³/mol. The van der Waals surface area contributed by atoms with Gasteiger partial charge in [-0.3, -0.25) is 0 Å². The standard InChI is InChI=1S/C20H18Cl2N2/c1-11(2)20(16-9-23-18-5-3-12(21)7-14(16)18)17-10-24-19-6-4-13(22)8-15(17)19/h3-11,20,23-24H,1-2H3. The predicted octanol–water partition coefficient (Wildman–Crippen LogP) is 6.74. The van der Waals surface area contributed by atoms with E-state index in [1.54, 1.807) is 0 Å². The summed E-state index contributed by atoms with van der Waals surface area (Å²) >= 11 is 12.5. The lowest BCUT2D eigenvalue weighted by atomic mass is 9.82. The molecule has 0 atom stereocenters. The second-order valence-electron chi connectivity index (χ2n) is 6.59. The Morgan fingerprint density at radius 3 is 1.62 bits per heavy atom. The van der Waals surface area contributed by atoms with E-state index >= 15 is 0 Å². The molecule has 2 aromatic carbocycles. The van der Waals surface area contributed by atoms with Crippen molar-refractivity contribution in [2.24, 2.45) is 5.92 Å².